The molecule has 2 aliphatic rings. The molecular weight excluding hydrogens is 416 g/mol. The van der Waals surface area contributed by atoms with Crippen LogP contribution in [0.15, 0.2) is 30.3 Å². The minimum atomic E-state index is -3.55. The van der Waals surface area contributed by atoms with Gasteiger partial charge in [0.2, 0.25) is 15.9 Å². The smallest absolute Gasteiger partial charge is 0.317 e. The standard InChI is InChI=1S/C22H34N4O4S/c1-31(29,30)26-15-8-14-25(22(28)24-19-11-6-3-7-12-19)16-13-23-21(27)17-20(26)18-9-4-2-5-10-18/h2,4-5,9-10,19-20H,3,6-8,11-17H2,1H3,(H,23,27)(H,24,28). The molecule has 0 spiro atoms. The van der Waals surface area contributed by atoms with E-state index < -0.39 is 16.1 Å². The van der Waals surface area contributed by atoms with Gasteiger partial charge in [0.15, 0.2) is 0 Å². The van der Waals surface area contributed by atoms with E-state index in [0.29, 0.717) is 26.1 Å². The molecule has 1 aliphatic carbocycles. The van der Waals surface area contributed by atoms with E-state index in [2.05, 4.69) is 10.6 Å². The quantitative estimate of drug-likeness (QED) is 0.738. The van der Waals surface area contributed by atoms with E-state index >= 15 is 0 Å². The van der Waals surface area contributed by atoms with Crippen molar-refractivity contribution >= 4 is 22.0 Å². The summed E-state index contributed by atoms with van der Waals surface area (Å²) in [6, 6.07) is 8.74. The number of urea groups is 1. The second-order valence-corrected chi connectivity index (χ2v) is 10.4. The number of carbonyl (C=O) groups excluding carboxylic acids is 2. The van der Waals surface area contributed by atoms with Gasteiger partial charge in [-0.1, -0.05) is 49.6 Å². The normalized spacial score (nSPS) is 22.9. The van der Waals surface area contributed by atoms with Crippen LogP contribution in [0.5, 0.6) is 0 Å². The molecule has 1 saturated carbocycles. The molecule has 1 aromatic rings. The molecule has 1 atom stereocenters. The molecule has 0 radical (unpaired) electrons. The Morgan fingerprint density at radius 2 is 1.74 bits per heavy atom. The van der Waals surface area contributed by atoms with Gasteiger partial charge in [-0.15, -0.1) is 0 Å². The first kappa shape index (κ1) is 23.5. The Labute approximate surface area is 185 Å². The summed E-state index contributed by atoms with van der Waals surface area (Å²) in [5.74, 6) is -0.225. The van der Waals surface area contributed by atoms with E-state index in [9.17, 15) is 18.0 Å². The fourth-order valence-corrected chi connectivity index (χ4v) is 5.56. The molecule has 8 nitrogen and oxygen atoms in total. The maximum atomic E-state index is 12.8. The summed E-state index contributed by atoms with van der Waals surface area (Å²) in [4.78, 5) is 27.1. The average Bonchev–Trinajstić information content (AvgIpc) is 2.78. The second kappa shape index (κ2) is 10.9. The molecule has 0 aromatic heterocycles. The van der Waals surface area contributed by atoms with E-state index in [-0.39, 0.29) is 30.9 Å². The zero-order valence-corrected chi connectivity index (χ0v) is 19.1. The van der Waals surface area contributed by atoms with Gasteiger partial charge in [0.1, 0.15) is 0 Å². The van der Waals surface area contributed by atoms with Crippen molar-refractivity contribution in [2.75, 3.05) is 32.4 Å². The van der Waals surface area contributed by atoms with Crippen LogP contribution in [0.3, 0.4) is 0 Å². The third-order valence-corrected chi connectivity index (χ3v) is 7.36. The van der Waals surface area contributed by atoms with Crippen LogP contribution >= 0.6 is 0 Å². The number of amides is 3. The molecule has 172 valence electrons. The van der Waals surface area contributed by atoms with E-state index in [1.807, 2.05) is 30.3 Å². The average molecular weight is 451 g/mol. The molecule has 2 fully saturated rings. The van der Waals surface area contributed by atoms with Crippen molar-refractivity contribution in [3.8, 4) is 0 Å². The highest BCUT2D eigenvalue weighted by Gasteiger charge is 2.31. The molecule has 3 amide bonds. The first-order valence-corrected chi connectivity index (χ1v) is 13.0. The molecule has 31 heavy (non-hydrogen) atoms. The zero-order valence-electron chi connectivity index (χ0n) is 18.3. The largest absolute Gasteiger partial charge is 0.354 e. The molecule has 1 heterocycles. The minimum absolute atomic E-state index is 0.0470. The minimum Gasteiger partial charge on any atom is -0.354 e. The Kier molecular flexibility index (Phi) is 8.31. The molecule has 9 heteroatoms. The molecule has 0 bridgehead atoms. The Bertz CT molecular complexity index is 840. The number of sulfonamides is 1. The molecule has 1 unspecified atom stereocenters. The van der Waals surface area contributed by atoms with Crippen molar-refractivity contribution in [3.63, 3.8) is 0 Å². The molecule has 1 saturated heterocycles. The topological polar surface area (TPSA) is 98.8 Å². The molecular formula is C22H34N4O4S. The number of hydrogen-bond acceptors (Lipinski definition) is 4. The fourth-order valence-electron chi connectivity index (χ4n) is 4.44. The number of benzene rings is 1. The highest BCUT2D eigenvalue weighted by molar-refractivity contribution is 7.88. The second-order valence-electron chi connectivity index (χ2n) is 8.48. The van der Waals surface area contributed by atoms with Crippen LogP contribution in [-0.4, -0.2) is 68.0 Å². The van der Waals surface area contributed by atoms with Gasteiger partial charge in [0, 0.05) is 38.6 Å². The molecule has 3 rings (SSSR count). The number of nitrogens with zero attached hydrogens (tertiary/aromatic N) is 2. The lowest BCUT2D eigenvalue weighted by Crippen LogP contribution is -2.48. The lowest BCUT2D eigenvalue weighted by molar-refractivity contribution is -0.122. The summed E-state index contributed by atoms with van der Waals surface area (Å²) in [5, 5.41) is 5.98. The van der Waals surface area contributed by atoms with Crippen molar-refractivity contribution < 1.29 is 18.0 Å². The van der Waals surface area contributed by atoms with Gasteiger partial charge in [-0.25, -0.2) is 13.2 Å². The van der Waals surface area contributed by atoms with Gasteiger partial charge in [0.25, 0.3) is 0 Å². The Balaban J connectivity index is 1.74. The first-order valence-electron chi connectivity index (χ1n) is 11.2. The van der Waals surface area contributed by atoms with Gasteiger partial charge < -0.3 is 15.5 Å². The Hall–Kier alpha value is -2.13. The van der Waals surface area contributed by atoms with Crippen LogP contribution in [0.4, 0.5) is 4.79 Å². The lowest BCUT2D eigenvalue weighted by atomic mass is 9.96. The highest BCUT2D eigenvalue weighted by atomic mass is 32.2. The Morgan fingerprint density at radius 3 is 2.42 bits per heavy atom. The van der Waals surface area contributed by atoms with Crippen LogP contribution in [0, 0.1) is 0 Å². The first-order chi connectivity index (χ1) is 14.8. The maximum absolute atomic E-state index is 12.8. The van der Waals surface area contributed by atoms with Gasteiger partial charge in [-0.05, 0) is 24.8 Å². The predicted molar refractivity (Wildman–Crippen MR) is 120 cm³/mol. The summed E-state index contributed by atoms with van der Waals surface area (Å²) in [7, 11) is -3.55. The van der Waals surface area contributed by atoms with E-state index in [0.717, 1.165) is 31.2 Å². The van der Waals surface area contributed by atoms with Crippen LogP contribution in [0.1, 0.15) is 56.6 Å². The molecule has 1 aromatic carbocycles. The van der Waals surface area contributed by atoms with Crippen molar-refractivity contribution in [2.24, 2.45) is 0 Å². The van der Waals surface area contributed by atoms with E-state index in [4.69, 9.17) is 0 Å². The van der Waals surface area contributed by atoms with Gasteiger partial charge in [-0.2, -0.15) is 4.31 Å². The van der Waals surface area contributed by atoms with Crippen LogP contribution < -0.4 is 10.6 Å². The van der Waals surface area contributed by atoms with Gasteiger partial charge in [-0.3, -0.25) is 4.79 Å². The lowest BCUT2D eigenvalue weighted by Gasteiger charge is -2.30. The fraction of sp³-hybridized carbons (Fsp3) is 0.636. The van der Waals surface area contributed by atoms with Crippen LogP contribution in [-0.2, 0) is 14.8 Å². The third kappa shape index (κ3) is 6.93. The summed E-state index contributed by atoms with van der Waals surface area (Å²) >= 11 is 0. The number of rotatable bonds is 3. The van der Waals surface area contributed by atoms with Crippen molar-refractivity contribution in [1.29, 1.82) is 0 Å². The van der Waals surface area contributed by atoms with Crippen molar-refractivity contribution in [1.82, 2.24) is 19.8 Å². The number of hydrogen-bond donors (Lipinski definition) is 2. The van der Waals surface area contributed by atoms with Crippen LogP contribution in [0.25, 0.3) is 0 Å². The monoisotopic (exact) mass is 450 g/mol. The summed E-state index contributed by atoms with van der Waals surface area (Å²) < 4.78 is 26.6. The summed E-state index contributed by atoms with van der Waals surface area (Å²) in [6.07, 6.45) is 7.19. The van der Waals surface area contributed by atoms with Crippen LogP contribution in [0.2, 0.25) is 0 Å². The van der Waals surface area contributed by atoms with Crippen molar-refractivity contribution in [2.45, 2.75) is 57.0 Å². The molecule has 2 N–H and O–H groups in total. The van der Waals surface area contributed by atoms with Gasteiger partial charge in [0.05, 0.1) is 12.3 Å². The SMILES string of the molecule is CS(=O)(=O)N1CCCN(C(=O)NC2CCCCC2)CCNC(=O)CC1c1ccccc1. The molecule has 1 aliphatic heterocycles. The number of nitrogens with one attached hydrogen (secondary N) is 2. The van der Waals surface area contributed by atoms with E-state index in [1.165, 1.54) is 17.0 Å². The third-order valence-electron chi connectivity index (χ3n) is 6.07. The van der Waals surface area contributed by atoms with Crippen molar-refractivity contribution in [3.05, 3.63) is 35.9 Å². The predicted octanol–water partition coefficient (Wildman–Crippen LogP) is 2.24. The van der Waals surface area contributed by atoms with Gasteiger partial charge >= 0.3 is 6.03 Å². The maximum Gasteiger partial charge on any atom is 0.317 e. The summed E-state index contributed by atoms with van der Waals surface area (Å²) in [6.45, 7) is 1.43. The summed E-state index contributed by atoms with van der Waals surface area (Å²) in [5.41, 5.74) is 0.786. The van der Waals surface area contributed by atoms with E-state index in [1.54, 1.807) is 4.90 Å². The highest BCUT2D eigenvalue weighted by Crippen LogP contribution is 2.27. The Morgan fingerprint density at radius 1 is 1.03 bits per heavy atom. The number of carbonyl (C=O) groups is 2. The zero-order chi connectivity index (χ0) is 22.3.